The third-order valence-electron chi connectivity index (χ3n) is 7.54. The average molecular weight is 631 g/mol. The number of nitrogens with zero attached hydrogens (tertiary/aromatic N) is 2. The molecule has 7 nitrogen and oxygen atoms in total. The van der Waals surface area contributed by atoms with Gasteiger partial charge in [0.25, 0.3) is 0 Å². The van der Waals surface area contributed by atoms with Crippen molar-refractivity contribution in [2.24, 2.45) is 0 Å². The van der Waals surface area contributed by atoms with Crippen molar-refractivity contribution in [3.05, 3.63) is 99.5 Å². The van der Waals surface area contributed by atoms with Crippen molar-refractivity contribution in [2.45, 2.75) is 64.1 Å². The van der Waals surface area contributed by atoms with Crippen molar-refractivity contribution in [3.63, 3.8) is 0 Å². The number of sulfonamides is 1. The van der Waals surface area contributed by atoms with Crippen LogP contribution in [0.4, 0.5) is 5.69 Å². The van der Waals surface area contributed by atoms with Gasteiger partial charge in [-0.1, -0.05) is 109 Å². The van der Waals surface area contributed by atoms with Crippen LogP contribution in [0.15, 0.2) is 72.8 Å². The average Bonchev–Trinajstić information content (AvgIpc) is 2.95. The van der Waals surface area contributed by atoms with Gasteiger partial charge in [-0.15, -0.1) is 0 Å². The fourth-order valence-corrected chi connectivity index (χ4v) is 6.69. The molecule has 1 atom stereocenters. The zero-order chi connectivity index (χ0) is 30.3. The van der Waals surface area contributed by atoms with Gasteiger partial charge in [-0.05, 0) is 43.0 Å². The van der Waals surface area contributed by atoms with Crippen molar-refractivity contribution in [3.8, 4) is 0 Å². The Balaban J connectivity index is 1.74. The summed E-state index contributed by atoms with van der Waals surface area (Å²) >= 11 is 12.6. The largest absolute Gasteiger partial charge is 0.352 e. The van der Waals surface area contributed by atoms with Crippen LogP contribution in [0.5, 0.6) is 0 Å². The number of aryl methyl sites for hydroxylation is 1. The number of amides is 2. The van der Waals surface area contributed by atoms with Crippen LogP contribution in [0.3, 0.4) is 0 Å². The molecule has 42 heavy (non-hydrogen) atoms. The van der Waals surface area contributed by atoms with Gasteiger partial charge >= 0.3 is 0 Å². The third-order valence-corrected chi connectivity index (χ3v) is 9.47. The molecule has 1 fully saturated rings. The third kappa shape index (κ3) is 8.49. The maximum absolute atomic E-state index is 14.3. The Morgan fingerprint density at radius 2 is 1.60 bits per heavy atom. The highest BCUT2D eigenvalue weighted by molar-refractivity contribution is 7.92. The van der Waals surface area contributed by atoms with E-state index in [9.17, 15) is 18.0 Å². The summed E-state index contributed by atoms with van der Waals surface area (Å²) in [6, 6.07) is 21.0. The van der Waals surface area contributed by atoms with Crippen LogP contribution < -0.4 is 9.62 Å². The van der Waals surface area contributed by atoms with Crippen molar-refractivity contribution in [1.29, 1.82) is 0 Å². The fourth-order valence-electron chi connectivity index (χ4n) is 5.39. The van der Waals surface area contributed by atoms with Crippen molar-refractivity contribution in [1.82, 2.24) is 10.2 Å². The van der Waals surface area contributed by atoms with E-state index in [4.69, 9.17) is 23.2 Å². The fraction of sp³-hybridized carbons (Fsp3) is 0.375. The minimum absolute atomic E-state index is 0.0264. The minimum atomic E-state index is -3.95. The molecule has 0 radical (unpaired) electrons. The summed E-state index contributed by atoms with van der Waals surface area (Å²) in [5.74, 6) is -0.781. The number of benzene rings is 3. The summed E-state index contributed by atoms with van der Waals surface area (Å²) in [5, 5.41) is 3.39. The summed E-state index contributed by atoms with van der Waals surface area (Å²) in [7, 11) is -3.95. The van der Waals surface area contributed by atoms with Crippen molar-refractivity contribution >= 4 is 50.7 Å². The van der Waals surface area contributed by atoms with E-state index < -0.39 is 28.5 Å². The highest BCUT2D eigenvalue weighted by Crippen LogP contribution is 2.34. The van der Waals surface area contributed by atoms with Gasteiger partial charge in [0.15, 0.2) is 0 Å². The Labute approximate surface area is 258 Å². The minimum Gasteiger partial charge on any atom is -0.352 e. The Hall–Kier alpha value is -3.07. The van der Waals surface area contributed by atoms with Gasteiger partial charge in [0.05, 0.1) is 22.0 Å². The Morgan fingerprint density at radius 3 is 2.26 bits per heavy atom. The van der Waals surface area contributed by atoms with E-state index in [1.807, 2.05) is 61.5 Å². The zero-order valence-electron chi connectivity index (χ0n) is 23.9. The highest BCUT2D eigenvalue weighted by Gasteiger charge is 2.34. The Bertz CT molecular complexity index is 1490. The summed E-state index contributed by atoms with van der Waals surface area (Å²) in [4.78, 5) is 29.7. The first-order chi connectivity index (χ1) is 20.0. The molecule has 1 aliphatic carbocycles. The molecule has 2 amide bonds. The monoisotopic (exact) mass is 629 g/mol. The normalized spacial score (nSPS) is 14.7. The molecule has 0 bridgehead atoms. The highest BCUT2D eigenvalue weighted by atomic mass is 35.5. The van der Waals surface area contributed by atoms with Gasteiger partial charge in [0.2, 0.25) is 21.8 Å². The number of carbonyl (C=O) groups is 2. The first-order valence-electron chi connectivity index (χ1n) is 14.1. The Kier molecular flexibility index (Phi) is 10.9. The summed E-state index contributed by atoms with van der Waals surface area (Å²) in [5.41, 5.74) is 2.83. The second-order valence-electron chi connectivity index (χ2n) is 10.9. The van der Waals surface area contributed by atoms with E-state index in [0.717, 1.165) is 59.4 Å². The first kappa shape index (κ1) is 31.9. The van der Waals surface area contributed by atoms with E-state index in [1.54, 1.807) is 12.1 Å². The number of anilines is 1. The maximum Gasteiger partial charge on any atom is 0.244 e. The second-order valence-corrected chi connectivity index (χ2v) is 13.6. The molecule has 0 spiro atoms. The lowest BCUT2D eigenvalue weighted by Gasteiger charge is -2.35. The van der Waals surface area contributed by atoms with Crippen LogP contribution in [-0.2, 0) is 32.6 Å². The molecule has 3 aromatic rings. The quantitative estimate of drug-likeness (QED) is 0.275. The number of halogens is 2. The topological polar surface area (TPSA) is 86.8 Å². The lowest BCUT2D eigenvalue weighted by atomic mass is 9.94. The van der Waals surface area contributed by atoms with E-state index in [1.165, 1.54) is 11.0 Å². The number of carbonyl (C=O) groups excluding carboxylic acids is 2. The van der Waals surface area contributed by atoms with Gasteiger partial charge in [-0.3, -0.25) is 13.9 Å². The van der Waals surface area contributed by atoms with E-state index in [2.05, 4.69) is 5.32 Å². The van der Waals surface area contributed by atoms with Crippen molar-refractivity contribution < 1.29 is 18.0 Å². The SMILES string of the molecule is Cc1cccc(CN(C(=O)CN(c2cccc(Cl)c2Cl)S(C)(=O)=O)C(Cc2ccccc2)C(=O)NC2CCCCC2)c1. The van der Waals surface area contributed by atoms with Crippen molar-refractivity contribution in [2.75, 3.05) is 17.1 Å². The van der Waals surface area contributed by atoms with Crippen LogP contribution in [0, 0.1) is 6.92 Å². The second kappa shape index (κ2) is 14.4. The van der Waals surface area contributed by atoms with Gasteiger partial charge in [0, 0.05) is 19.0 Å². The van der Waals surface area contributed by atoms with Crippen LogP contribution in [0.2, 0.25) is 10.0 Å². The molecule has 0 heterocycles. The van der Waals surface area contributed by atoms with E-state index in [-0.39, 0.29) is 40.6 Å². The van der Waals surface area contributed by atoms with E-state index in [0.29, 0.717) is 0 Å². The lowest BCUT2D eigenvalue weighted by Crippen LogP contribution is -2.55. The Morgan fingerprint density at radius 1 is 0.929 bits per heavy atom. The van der Waals surface area contributed by atoms with Gasteiger partial charge < -0.3 is 10.2 Å². The first-order valence-corrected chi connectivity index (χ1v) is 16.7. The molecular weight excluding hydrogens is 593 g/mol. The molecule has 0 aromatic heterocycles. The van der Waals surface area contributed by atoms with Crippen LogP contribution in [0.25, 0.3) is 0 Å². The molecule has 0 saturated heterocycles. The molecule has 10 heteroatoms. The predicted octanol–water partition coefficient (Wildman–Crippen LogP) is 6.16. The molecule has 1 unspecified atom stereocenters. The van der Waals surface area contributed by atoms with Gasteiger partial charge in [0.1, 0.15) is 12.6 Å². The van der Waals surface area contributed by atoms with E-state index >= 15 is 0 Å². The number of rotatable bonds is 11. The van der Waals surface area contributed by atoms with Gasteiger partial charge in [-0.2, -0.15) is 0 Å². The van der Waals surface area contributed by atoms with Crippen LogP contribution in [-0.4, -0.2) is 50.0 Å². The molecule has 0 aliphatic heterocycles. The molecule has 1 saturated carbocycles. The number of hydrogen-bond donors (Lipinski definition) is 1. The zero-order valence-corrected chi connectivity index (χ0v) is 26.3. The smallest absolute Gasteiger partial charge is 0.244 e. The standard InChI is InChI=1S/C32H37Cl2N3O4S/c1-23-11-9-14-25(19-23)21-36(30(38)22-37(42(2,40)41)28-18-10-17-27(33)31(28)34)29(20-24-12-5-3-6-13-24)32(39)35-26-15-7-4-8-16-26/h3,5-6,9-14,17-19,26,29H,4,7-8,15-16,20-22H2,1-2H3,(H,35,39). The molecule has 3 aromatic carbocycles. The molecule has 1 N–H and O–H groups in total. The lowest BCUT2D eigenvalue weighted by molar-refractivity contribution is -0.140. The summed E-state index contributed by atoms with van der Waals surface area (Å²) in [6.07, 6.45) is 6.31. The maximum atomic E-state index is 14.3. The number of nitrogens with one attached hydrogen (secondary N) is 1. The molecular formula is C32H37Cl2N3O4S. The number of hydrogen-bond acceptors (Lipinski definition) is 4. The van der Waals surface area contributed by atoms with Crippen LogP contribution in [0.1, 0.15) is 48.8 Å². The summed E-state index contributed by atoms with van der Waals surface area (Å²) in [6.45, 7) is 1.53. The molecule has 224 valence electrons. The van der Waals surface area contributed by atoms with Gasteiger partial charge in [-0.25, -0.2) is 8.42 Å². The predicted molar refractivity (Wildman–Crippen MR) is 169 cm³/mol. The molecule has 1 aliphatic rings. The molecule has 4 rings (SSSR count). The van der Waals surface area contributed by atoms with Crippen LogP contribution >= 0.6 is 23.2 Å². The summed E-state index contributed by atoms with van der Waals surface area (Å²) < 4.78 is 26.9.